The molecule has 154 valence electrons. The van der Waals surface area contributed by atoms with Crippen molar-refractivity contribution in [1.82, 2.24) is 16.0 Å². The summed E-state index contributed by atoms with van der Waals surface area (Å²) in [6.07, 6.45) is 7.62. The van der Waals surface area contributed by atoms with E-state index >= 15 is 0 Å². The average Bonchev–Trinajstić information content (AvgIpc) is 3.60. The van der Waals surface area contributed by atoms with Crippen LogP contribution in [0, 0.1) is 5.92 Å². The number of amides is 1. The van der Waals surface area contributed by atoms with Crippen LogP contribution >= 0.6 is 24.0 Å². The lowest BCUT2D eigenvalue weighted by molar-refractivity contribution is -0.126. The summed E-state index contributed by atoms with van der Waals surface area (Å²) in [5, 5.41) is 10.4. The molecule has 0 bridgehead atoms. The smallest absolute Gasteiger partial charge is 0.223 e. The molecule has 0 aromatic heterocycles. The Bertz CT molecular complexity index is 676. The number of benzene rings is 1. The van der Waals surface area contributed by atoms with E-state index in [-0.39, 0.29) is 35.8 Å². The number of hydrogen-bond donors (Lipinski definition) is 3. The van der Waals surface area contributed by atoms with Gasteiger partial charge >= 0.3 is 0 Å². The first-order valence-corrected chi connectivity index (χ1v) is 10.7. The molecule has 1 aromatic rings. The van der Waals surface area contributed by atoms with Gasteiger partial charge in [0.15, 0.2) is 5.96 Å². The van der Waals surface area contributed by atoms with Crippen molar-refractivity contribution >= 4 is 35.8 Å². The maximum absolute atomic E-state index is 12.4. The Kier molecular flexibility index (Phi) is 7.60. The van der Waals surface area contributed by atoms with Gasteiger partial charge in [0, 0.05) is 36.5 Å². The van der Waals surface area contributed by atoms with Gasteiger partial charge in [0.25, 0.3) is 0 Å². The Morgan fingerprint density at radius 2 is 1.79 bits per heavy atom. The summed E-state index contributed by atoms with van der Waals surface area (Å²) in [5.41, 5.74) is 1.40. The van der Waals surface area contributed by atoms with Gasteiger partial charge in [-0.05, 0) is 51.0 Å². The predicted molar refractivity (Wildman–Crippen MR) is 124 cm³/mol. The molecule has 0 radical (unpaired) electrons. The summed E-state index contributed by atoms with van der Waals surface area (Å²) in [6.45, 7) is 2.83. The number of guanidine groups is 1. The van der Waals surface area contributed by atoms with E-state index in [0.717, 1.165) is 57.5 Å². The molecule has 3 fully saturated rings. The highest BCUT2D eigenvalue weighted by Crippen LogP contribution is 2.40. The van der Waals surface area contributed by atoms with Gasteiger partial charge in [-0.2, -0.15) is 0 Å². The Morgan fingerprint density at radius 1 is 1.00 bits per heavy atom. The number of nitrogens with zero attached hydrogens (tertiary/aromatic N) is 1. The van der Waals surface area contributed by atoms with Crippen molar-refractivity contribution in [3.63, 3.8) is 0 Å². The number of aliphatic imine (C=N–C) groups is 1. The van der Waals surface area contributed by atoms with Gasteiger partial charge in [-0.3, -0.25) is 9.79 Å². The first-order valence-electron chi connectivity index (χ1n) is 10.7. The molecule has 4 atom stereocenters. The largest absolute Gasteiger partial charge is 0.354 e. The lowest BCUT2D eigenvalue weighted by Gasteiger charge is -2.30. The van der Waals surface area contributed by atoms with Crippen LogP contribution in [0.1, 0.15) is 63.4 Å². The average molecular weight is 496 g/mol. The third-order valence-corrected chi connectivity index (χ3v) is 5.97. The molecule has 3 saturated carbocycles. The summed E-state index contributed by atoms with van der Waals surface area (Å²) >= 11 is 0. The van der Waals surface area contributed by atoms with Crippen molar-refractivity contribution in [2.24, 2.45) is 10.9 Å². The Hall–Kier alpha value is -1.31. The van der Waals surface area contributed by atoms with Crippen molar-refractivity contribution < 1.29 is 4.79 Å². The highest BCUT2D eigenvalue weighted by atomic mass is 127. The van der Waals surface area contributed by atoms with Crippen LogP contribution in [0.5, 0.6) is 0 Å². The third kappa shape index (κ3) is 5.84. The SMILES string of the molecule is CCN=C(NC1CCCC(C(=O)NC2CC2)C1)NC1CC1c1ccccc1.I. The molecule has 0 spiro atoms. The van der Waals surface area contributed by atoms with Gasteiger partial charge in [-0.15, -0.1) is 24.0 Å². The normalized spacial score (nSPS) is 29.4. The minimum atomic E-state index is 0. The zero-order valence-corrected chi connectivity index (χ0v) is 19.0. The van der Waals surface area contributed by atoms with Crippen LogP contribution in [0.25, 0.3) is 0 Å². The molecule has 1 aromatic carbocycles. The molecule has 5 nitrogen and oxygen atoms in total. The molecule has 28 heavy (non-hydrogen) atoms. The second-order valence-corrected chi connectivity index (χ2v) is 8.31. The number of carbonyl (C=O) groups is 1. The van der Waals surface area contributed by atoms with E-state index in [9.17, 15) is 4.79 Å². The van der Waals surface area contributed by atoms with Crippen molar-refractivity contribution in [2.75, 3.05) is 6.54 Å². The molecule has 1 amide bonds. The van der Waals surface area contributed by atoms with E-state index in [1.54, 1.807) is 0 Å². The molecule has 3 aliphatic rings. The van der Waals surface area contributed by atoms with Gasteiger partial charge in [0.05, 0.1) is 0 Å². The highest BCUT2D eigenvalue weighted by molar-refractivity contribution is 14.0. The van der Waals surface area contributed by atoms with Crippen LogP contribution in [0.15, 0.2) is 35.3 Å². The molecule has 3 aliphatic carbocycles. The quantitative estimate of drug-likeness (QED) is 0.321. The van der Waals surface area contributed by atoms with Crippen molar-refractivity contribution in [2.45, 2.75) is 75.9 Å². The number of rotatable bonds is 6. The van der Waals surface area contributed by atoms with Gasteiger partial charge in [-0.25, -0.2) is 0 Å². The highest BCUT2D eigenvalue weighted by Gasteiger charge is 2.39. The zero-order chi connectivity index (χ0) is 18.6. The van der Waals surface area contributed by atoms with E-state index in [0.29, 0.717) is 24.0 Å². The monoisotopic (exact) mass is 496 g/mol. The third-order valence-electron chi connectivity index (χ3n) is 5.97. The van der Waals surface area contributed by atoms with Crippen LogP contribution in [-0.4, -0.2) is 36.5 Å². The fraction of sp³-hybridized carbons (Fsp3) is 0.636. The van der Waals surface area contributed by atoms with E-state index < -0.39 is 0 Å². The maximum atomic E-state index is 12.4. The van der Waals surface area contributed by atoms with Crippen molar-refractivity contribution in [1.29, 1.82) is 0 Å². The summed E-state index contributed by atoms with van der Waals surface area (Å²) in [4.78, 5) is 17.1. The second-order valence-electron chi connectivity index (χ2n) is 8.31. The molecule has 0 aliphatic heterocycles. The Labute approximate surface area is 185 Å². The van der Waals surface area contributed by atoms with Crippen LogP contribution in [0.2, 0.25) is 0 Å². The van der Waals surface area contributed by atoms with Gasteiger partial charge in [-0.1, -0.05) is 36.8 Å². The molecule has 3 N–H and O–H groups in total. The number of carbonyl (C=O) groups excluding carboxylic acids is 1. The summed E-state index contributed by atoms with van der Waals surface area (Å²) in [7, 11) is 0. The molecule has 6 heteroatoms. The van der Waals surface area contributed by atoms with Crippen LogP contribution in [-0.2, 0) is 4.79 Å². The number of halogens is 1. The van der Waals surface area contributed by atoms with E-state index in [1.165, 1.54) is 5.56 Å². The Balaban J connectivity index is 0.00000225. The van der Waals surface area contributed by atoms with Gasteiger partial charge < -0.3 is 16.0 Å². The van der Waals surface area contributed by atoms with Crippen LogP contribution < -0.4 is 16.0 Å². The van der Waals surface area contributed by atoms with Crippen LogP contribution in [0.4, 0.5) is 0 Å². The zero-order valence-electron chi connectivity index (χ0n) is 16.7. The predicted octanol–water partition coefficient (Wildman–Crippen LogP) is 3.55. The lowest BCUT2D eigenvalue weighted by atomic mass is 9.85. The van der Waals surface area contributed by atoms with E-state index in [2.05, 4.69) is 58.2 Å². The minimum Gasteiger partial charge on any atom is -0.354 e. The van der Waals surface area contributed by atoms with E-state index in [4.69, 9.17) is 0 Å². The Morgan fingerprint density at radius 3 is 2.50 bits per heavy atom. The topological polar surface area (TPSA) is 65.5 Å². The molecule has 0 heterocycles. The first-order chi connectivity index (χ1) is 13.2. The van der Waals surface area contributed by atoms with E-state index in [1.807, 2.05) is 0 Å². The minimum absolute atomic E-state index is 0. The summed E-state index contributed by atoms with van der Waals surface area (Å²) in [6, 6.07) is 12.0. The van der Waals surface area contributed by atoms with Gasteiger partial charge in [0.1, 0.15) is 0 Å². The lowest BCUT2D eigenvalue weighted by Crippen LogP contribution is -2.48. The molecular weight excluding hydrogens is 463 g/mol. The first kappa shape index (κ1) is 21.4. The molecule has 4 rings (SSSR count). The van der Waals surface area contributed by atoms with Crippen molar-refractivity contribution in [3.8, 4) is 0 Å². The molecule has 0 saturated heterocycles. The number of nitrogens with one attached hydrogen (secondary N) is 3. The standard InChI is InChI=1S/C22H32N4O.HI/c1-2-23-22(26-20-14-19(20)15-7-4-3-5-8-15)25-18-10-6-9-16(13-18)21(27)24-17-11-12-17;/h3-5,7-8,16-20H,2,6,9-14H2,1H3,(H,24,27)(H2,23,25,26);1H. The summed E-state index contributed by atoms with van der Waals surface area (Å²) < 4.78 is 0. The van der Waals surface area contributed by atoms with Crippen molar-refractivity contribution in [3.05, 3.63) is 35.9 Å². The fourth-order valence-electron chi connectivity index (χ4n) is 4.19. The summed E-state index contributed by atoms with van der Waals surface area (Å²) in [5.74, 6) is 1.91. The van der Waals surface area contributed by atoms with Gasteiger partial charge in [0.2, 0.25) is 5.91 Å². The second kappa shape index (κ2) is 9.94. The molecular formula is C22H33IN4O. The maximum Gasteiger partial charge on any atom is 0.223 e. The fourth-order valence-corrected chi connectivity index (χ4v) is 4.19. The molecule has 4 unspecified atom stereocenters. The van der Waals surface area contributed by atoms with Crippen LogP contribution in [0.3, 0.4) is 0 Å². The number of hydrogen-bond acceptors (Lipinski definition) is 2.